The van der Waals surface area contributed by atoms with Gasteiger partial charge in [-0.3, -0.25) is 5.32 Å². The highest BCUT2D eigenvalue weighted by molar-refractivity contribution is 5.87. The van der Waals surface area contributed by atoms with Crippen LogP contribution in [0.2, 0.25) is 0 Å². The first-order valence-corrected chi connectivity index (χ1v) is 10.4. The molecule has 170 valence electrons. The number of rotatable bonds is 10. The fourth-order valence-corrected chi connectivity index (χ4v) is 3.44. The van der Waals surface area contributed by atoms with Gasteiger partial charge >= 0.3 is 12.1 Å². The van der Waals surface area contributed by atoms with Crippen LogP contribution in [-0.4, -0.2) is 46.8 Å². The number of carboxylic acid groups (broad SMARTS) is 1. The molecule has 0 saturated carbocycles. The summed E-state index contributed by atoms with van der Waals surface area (Å²) in [4.78, 5) is 35.6. The first kappa shape index (κ1) is 25.7. The van der Waals surface area contributed by atoms with Crippen LogP contribution >= 0.6 is 0 Å². The Morgan fingerprint density at radius 1 is 1.27 bits per heavy atom. The summed E-state index contributed by atoms with van der Waals surface area (Å²) in [6.45, 7) is 14.5. The Morgan fingerprint density at radius 3 is 2.33 bits per heavy atom. The highest BCUT2D eigenvalue weighted by atomic mass is 16.6. The normalized spacial score (nSPS) is 21.6. The van der Waals surface area contributed by atoms with E-state index in [2.05, 4.69) is 17.2 Å². The molecule has 1 amide bonds. The number of carboxylic acids is 1. The number of alkyl carbamates (subject to hydrolysis) is 1. The number of Topliss-reactive ketones (excluding diaryl/α,β-unsaturated/α-hetero) is 1. The van der Waals surface area contributed by atoms with E-state index in [-0.39, 0.29) is 42.0 Å². The van der Waals surface area contributed by atoms with Crippen molar-refractivity contribution >= 4 is 17.8 Å². The van der Waals surface area contributed by atoms with Crippen LogP contribution in [0.3, 0.4) is 0 Å². The molecule has 3 atom stereocenters. The van der Waals surface area contributed by atoms with Gasteiger partial charge in [-0.15, -0.1) is 0 Å². The molecule has 0 aromatic heterocycles. The molecule has 8 heteroatoms. The second-order valence-electron chi connectivity index (χ2n) is 8.67. The van der Waals surface area contributed by atoms with Crippen LogP contribution in [0, 0.1) is 5.92 Å². The molecule has 0 saturated heterocycles. The molecule has 0 unspecified atom stereocenters. The van der Waals surface area contributed by atoms with Gasteiger partial charge in [-0.2, -0.15) is 0 Å². The molecular formula is C22H36N2O6. The second-order valence-corrected chi connectivity index (χ2v) is 8.67. The van der Waals surface area contributed by atoms with Gasteiger partial charge in [0.05, 0.1) is 12.2 Å². The van der Waals surface area contributed by atoms with Gasteiger partial charge in [0.15, 0.2) is 0 Å². The highest BCUT2D eigenvalue weighted by Crippen LogP contribution is 2.31. The van der Waals surface area contributed by atoms with Gasteiger partial charge in [0.1, 0.15) is 17.2 Å². The average molecular weight is 425 g/mol. The van der Waals surface area contributed by atoms with Gasteiger partial charge in [-0.1, -0.05) is 20.4 Å². The number of nitrogens with one attached hydrogen (secondary N) is 2. The number of ether oxygens (including phenoxy) is 2. The molecule has 30 heavy (non-hydrogen) atoms. The van der Waals surface area contributed by atoms with Crippen molar-refractivity contribution < 1.29 is 29.0 Å². The van der Waals surface area contributed by atoms with Crippen LogP contribution in [0.25, 0.3) is 0 Å². The van der Waals surface area contributed by atoms with E-state index in [0.717, 1.165) is 12.8 Å². The summed E-state index contributed by atoms with van der Waals surface area (Å²) in [6.07, 6.45) is 2.30. The Kier molecular flexibility index (Phi) is 9.55. The van der Waals surface area contributed by atoms with Crippen LogP contribution in [0.4, 0.5) is 4.79 Å². The minimum Gasteiger partial charge on any atom is -0.478 e. The van der Waals surface area contributed by atoms with Crippen LogP contribution < -0.4 is 10.6 Å². The molecular weight excluding hydrogens is 388 g/mol. The van der Waals surface area contributed by atoms with Crippen LogP contribution in [0.1, 0.15) is 67.2 Å². The van der Waals surface area contributed by atoms with Crippen molar-refractivity contribution in [1.82, 2.24) is 10.6 Å². The molecule has 0 aromatic rings. The number of carbonyl (C=O) groups excluding carboxylic acids is 2. The largest absolute Gasteiger partial charge is 0.478 e. The number of ketones is 1. The molecule has 1 aliphatic carbocycles. The van der Waals surface area contributed by atoms with E-state index >= 15 is 0 Å². The smallest absolute Gasteiger partial charge is 0.413 e. The van der Waals surface area contributed by atoms with Crippen molar-refractivity contribution in [2.45, 2.75) is 91.1 Å². The standard InChI is InChI=1S/C22H36N2O6/c1-8-16(9-2)29-19-12-15(20(26)27)11-18(17(19)10-13(3)25)23-14(4)24-21(28)30-22(5,6)7/h12,16-19,23H,4,8-11H2,1-3,5-7H3,(H,24,28)(H,26,27)/t17-,18+,19-/m1/s1. The fourth-order valence-electron chi connectivity index (χ4n) is 3.44. The van der Waals surface area contributed by atoms with Gasteiger partial charge in [0.2, 0.25) is 0 Å². The maximum absolute atomic E-state index is 12.0. The molecule has 0 aromatic carbocycles. The summed E-state index contributed by atoms with van der Waals surface area (Å²) >= 11 is 0. The molecule has 3 N–H and O–H groups in total. The van der Waals surface area contributed by atoms with Crippen molar-refractivity contribution in [3.05, 3.63) is 24.0 Å². The van der Waals surface area contributed by atoms with Crippen molar-refractivity contribution in [2.75, 3.05) is 0 Å². The molecule has 0 radical (unpaired) electrons. The number of carbonyl (C=O) groups is 3. The van der Waals surface area contributed by atoms with E-state index in [1.54, 1.807) is 26.8 Å². The van der Waals surface area contributed by atoms with Crippen molar-refractivity contribution in [1.29, 1.82) is 0 Å². The van der Waals surface area contributed by atoms with Gasteiger partial charge in [-0.25, -0.2) is 9.59 Å². The first-order valence-electron chi connectivity index (χ1n) is 10.4. The number of hydrogen-bond donors (Lipinski definition) is 3. The van der Waals surface area contributed by atoms with Crippen molar-refractivity contribution in [3.8, 4) is 0 Å². The summed E-state index contributed by atoms with van der Waals surface area (Å²) in [5.41, 5.74) is -0.465. The summed E-state index contributed by atoms with van der Waals surface area (Å²) < 4.78 is 11.4. The summed E-state index contributed by atoms with van der Waals surface area (Å²) in [7, 11) is 0. The van der Waals surface area contributed by atoms with Crippen LogP contribution in [0.15, 0.2) is 24.0 Å². The average Bonchev–Trinajstić information content (AvgIpc) is 2.59. The molecule has 8 nitrogen and oxygen atoms in total. The lowest BCUT2D eigenvalue weighted by molar-refractivity contribution is -0.133. The van der Waals surface area contributed by atoms with Crippen molar-refractivity contribution in [3.63, 3.8) is 0 Å². The van der Waals surface area contributed by atoms with Crippen molar-refractivity contribution in [2.24, 2.45) is 5.92 Å². The maximum atomic E-state index is 12.0. The van der Waals surface area contributed by atoms with Gasteiger partial charge < -0.3 is 24.7 Å². The Bertz CT molecular complexity index is 676. The minimum absolute atomic E-state index is 0.0252. The maximum Gasteiger partial charge on any atom is 0.413 e. The fraction of sp³-hybridized carbons (Fsp3) is 0.682. The lowest BCUT2D eigenvalue weighted by Crippen LogP contribution is -2.49. The number of amides is 1. The topological polar surface area (TPSA) is 114 Å². The minimum atomic E-state index is -1.04. The third kappa shape index (κ3) is 8.57. The summed E-state index contributed by atoms with van der Waals surface area (Å²) in [5, 5.41) is 15.2. The Balaban J connectivity index is 3.06. The third-order valence-electron chi connectivity index (χ3n) is 4.81. The number of aliphatic carboxylic acids is 1. The highest BCUT2D eigenvalue weighted by Gasteiger charge is 2.37. The van der Waals surface area contributed by atoms with Crippen LogP contribution in [0.5, 0.6) is 0 Å². The molecule has 0 spiro atoms. The Hall–Kier alpha value is -2.35. The van der Waals surface area contributed by atoms with E-state index in [0.29, 0.717) is 0 Å². The lowest BCUT2D eigenvalue weighted by Gasteiger charge is -2.38. The zero-order valence-electron chi connectivity index (χ0n) is 18.9. The zero-order chi connectivity index (χ0) is 23.1. The Labute approximate surface area is 179 Å². The molecule has 1 rings (SSSR count). The molecule has 0 fully saturated rings. The Morgan fingerprint density at radius 2 is 1.87 bits per heavy atom. The molecule has 0 bridgehead atoms. The monoisotopic (exact) mass is 424 g/mol. The molecule has 0 aliphatic heterocycles. The quantitative estimate of drug-likeness (QED) is 0.491. The van der Waals surface area contributed by atoms with Gasteiger partial charge in [-0.05, 0) is 53.0 Å². The first-order chi connectivity index (χ1) is 13.9. The summed E-state index contributed by atoms with van der Waals surface area (Å²) in [5.74, 6) is -1.19. The predicted octanol–water partition coefficient (Wildman–Crippen LogP) is 3.52. The molecule has 1 aliphatic rings. The zero-order valence-corrected chi connectivity index (χ0v) is 18.9. The number of hydrogen-bond acceptors (Lipinski definition) is 6. The van der Waals surface area contributed by atoms with E-state index < -0.39 is 29.8 Å². The second kappa shape index (κ2) is 11.2. The van der Waals surface area contributed by atoms with Crippen LogP contribution in [-0.2, 0) is 19.1 Å². The van der Waals surface area contributed by atoms with Gasteiger partial charge in [0, 0.05) is 24.0 Å². The SMILES string of the molecule is C=C(NC(=O)OC(C)(C)C)N[C@H]1CC(C(=O)O)=C[C@@H](OC(CC)CC)[C@@H]1CC(C)=O. The van der Waals surface area contributed by atoms with E-state index in [1.165, 1.54) is 6.92 Å². The summed E-state index contributed by atoms with van der Waals surface area (Å²) in [6, 6.07) is -0.452. The third-order valence-corrected chi connectivity index (χ3v) is 4.81. The predicted molar refractivity (Wildman–Crippen MR) is 114 cm³/mol. The van der Waals surface area contributed by atoms with E-state index in [4.69, 9.17) is 9.47 Å². The van der Waals surface area contributed by atoms with E-state index in [9.17, 15) is 19.5 Å². The molecule has 0 heterocycles. The van der Waals surface area contributed by atoms with Gasteiger partial charge in [0.25, 0.3) is 0 Å². The van der Waals surface area contributed by atoms with E-state index in [1.807, 2.05) is 13.8 Å². The lowest BCUT2D eigenvalue weighted by atomic mass is 9.79.